The lowest BCUT2D eigenvalue weighted by molar-refractivity contribution is -0.138. The third-order valence-corrected chi connectivity index (χ3v) is 8.78. The summed E-state index contributed by atoms with van der Waals surface area (Å²) in [6.07, 6.45) is 5.72. The number of piperidine rings is 1. The molecule has 12 heteroatoms. The summed E-state index contributed by atoms with van der Waals surface area (Å²) in [4.78, 5) is 50.8. The van der Waals surface area contributed by atoms with Gasteiger partial charge in [-0.05, 0) is 75.2 Å². The highest BCUT2D eigenvalue weighted by atomic mass is 16.6. The van der Waals surface area contributed by atoms with Crippen molar-refractivity contribution in [2.45, 2.75) is 26.2 Å². The Bertz CT molecular complexity index is 1540. The first-order valence-electron chi connectivity index (χ1n) is 15.5. The maximum absolute atomic E-state index is 13.2. The molecule has 0 aliphatic carbocycles. The van der Waals surface area contributed by atoms with Crippen LogP contribution in [-0.4, -0.2) is 118 Å². The Balaban J connectivity index is 1.05. The van der Waals surface area contributed by atoms with Crippen LogP contribution in [0.4, 0.5) is 16.4 Å². The van der Waals surface area contributed by atoms with Gasteiger partial charge in [0.15, 0.2) is 5.65 Å². The number of nitrogens with one attached hydrogen (secondary N) is 1. The highest BCUT2D eigenvalue weighted by Crippen LogP contribution is 2.27. The number of anilines is 2. The van der Waals surface area contributed by atoms with Crippen LogP contribution in [0.1, 0.15) is 42.1 Å². The van der Waals surface area contributed by atoms with E-state index in [-0.39, 0.29) is 23.8 Å². The number of hydrogen-bond donors (Lipinski definition) is 1. The molecular formula is C32H40N8O4. The van der Waals surface area contributed by atoms with E-state index in [0.29, 0.717) is 63.6 Å². The molecule has 44 heavy (non-hydrogen) atoms. The quantitative estimate of drug-likeness (QED) is 0.458. The highest BCUT2D eigenvalue weighted by Gasteiger charge is 2.31. The van der Waals surface area contributed by atoms with E-state index >= 15 is 0 Å². The Kier molecular flexibility index (Phi) is 8.78. The monoisotopic (exact) mass is 600 g/mol. The molecule has 12 nitrogen and oxygen atoms in total. The van der Waals surface area contributed by atoms with Crippen LogP contribution in [0.5, 0.6) is 0 Å². The van der Waals surface area contributed by atoms with Crippen LogP contribution >= 0.6 is 0 Å². The zero-order chi connectivity index (χ0) is 30.6. The molecular weight excluding hydrogens is 560 g/mol. The number of aromatic nitrogens is 3. The van der Waals surface area contributed by atoms with Crippen molar-refractivity contribution in [1.29, 1.82) is 0 Å². The molecule has 2 saturated heterocycles. The van der Waals surface area contributed by atoms with Crippen LogP contribution in [0.25, 0.3) is 11.2 Å². The summed E-state index contributed by atoms with van der Waals surface area (Å²) in [7, 11) is 2.08. The highest BCUT2D eigenvalue weighted by molar-refractivity contribution is 5.95. The summed E-state index contributed by atoms with van der Waals surface area (Å²) in [5.74, 6) is 0.679. The maximum atomic E-state index is 13.2. The Morgan fingerprint density at radius 2 is 1.68 bits per heavy atom. The standard InChI is InChI=1S/C32H40N8O4/c1-3-44-32(43)39-17-10-23(11-18-39)27-5-4-14-40-28(27)34-31(35-40)33-26-8-6-24(7-9-26)29(41)37-15-12-25(13-16-37)30(42)38-21-19-36(2)20-22-38/h4-10,14,25H,3,11-13,15-22H2,1-2H3,(H,33,35). The van der Waals surface area contributed by atoms with Crippen LogP contribution in [0.2, 0.25) is 0 Å². The van der Waals surface area contributed by atoms with Crippen molar-refractivity contribution in [2.24, 2.45) is 5.92 Å². The van der Waals surface area contributed by atoms with Gasteiger partial charge in [0.05, 0.1) is 6.61 Å². The molecule has 0 bridgehead atoms. The number of hydrogen-bond acceptors (Lipinski definition) is 8. The van der Waals surface area contributed by atoms with Gasteiger partial charge in [-0.25, -0.2) is 9.31 Å². The first-order valence-corrected chi connectivity index (χ1v) is 15.5. The number of likely N-dealkylation sites (tertiary alicyclic amines) is 1. The number of benzene rings is 1. The van der Waals surface area contributed by atoms with Crippen LogP contribution in [-0.2, 0) is 9.53 Å². The second kappa shape index (κ2) is 13.0. The summed E-state index contributed by atoms with van der Waals surface area (Å²) in [5.41, 5.74) is 4.22. The van der Waals surface area contributed by atoms with Crippen molar-refractivity contribution < 1.29 is 19.1 Å². The number of carbonyl (C=O) groups excluding carboxylic acids is 3. The second-order valence-corrected chi connectivity index (χ2v) is 11.6. The molecule has 3 aliphatic heterocycles. The van der Waals surface area contributed by atoms with Crippen molar-refractivity contribution in [3.05, 3.63) is 59.8 Å². The molecule has 232 valence electrons. The zero-order valence-corrected chi connectivity index (χ0v) is 25.4. The number of pyridine rings is 1. The minimum atomic E-state index is -0.291. The molecule has 6 rings (SSSR count). The van der Waals surface area contributed by atoms with Gasteiger partial charge >= 0.3 is 6.09 Å². The van der Waals surface area contributed by atoms with E-state index in [1.54, 1.807) is 16.3 Å². The van der Waals surface area contributed by atoms with Gasteiger partial charge in [0, 0.05) is 81.3 Å². The largest absolute Gasteiger partial charge is 0.450 e. The van der Waals surface area contributed by atoms with E-state index in [1.165, 1.54) is 0 Å². The Morgan fingerprint density at radius 1 is 0.932 bits per heavy atom. The number of ether oxygens (including phenoxy) is 1. The predicted octanol–water partition coefficient (Wildman–Crippen LogP) is 3.34. The molecule has 3 amide bonds. The molecule has 1 N–H and O–H groups in total. The molecule has 5 heterocycles. The summed E-state index contributed by atoms with van der Waals surface area (Å²) < 4.78 is 6.87. The molecule has 0 saturated carbocycles. The van der Waals surface area contributed by atoms with Gasteiger partial charge in [-0.1, -0.05) is 6.08 Å². The van der Waals surface area contributed by atoms with Crippen molar-refractivity contribution in [3.63, 3.8) is 0 Å². The number of carbonyl (C=O) groups is 3. The summed E-state index contributed by atoms with van der Waals surface area (Å²) in [6.45, 7) is 7.83. The smallest absolute Gasteiger partial charge is 0.410 e. The van der Waals surface area contributed by atoms with Crippen LogP contribution in [0, 0.1) is 5.92 Å². The minimum Gasteiger partial charge on any atom is -0.450 e. The lowest BCUT2D eigenvalue weighted by atomic mass is 9.94. The van der Waals surface area contributed by atoms with Crippen LogP contribution in [0.15, 0.2) is 48.7 Å². The number of likely N-dealkylation sites (N-methyl/N-ethyl adjacent to an activating group) is 1. The second-order valence-electron chi connectivity index (χ2n) is 11.6. The molecule has 0 atom stereocenters. The van der Waals surface area contributed by atoms with Crippen LogP contribution < -0.4 is 5.32 Å². The van der Waals surface area contributed by atoms with Crippen molar-refractivity contribution in [1.82, 2.24) is 34.2 Å². The molecule has 1 aromatic carbocycles. The fraction of sp³-hybridized carbons (Fsp3) is 0.469. The zero-order valence-electron chi connectivity index (χ0n) is 25.4. The van der Waals surface area contributed by atoms with Crippen molar-refractivity contribution in [3.8, 4) is 0 Å². The van der Waals surface area contributed by atoms with E-state index in [2.05, 4.69) is 22.4 Å². The summed E-state index contributed by atoms with van der Waals surface area (Å²) in [5, 5.41) is 7.85. The molecule has 0 unspecified atom stereocenters. The number of rotatable bonds is 6. The van der Waals surface area contributed by atoms with Crippen molar-refractivity contribution in [2.75, 3.05) is 71.3 Å². The molecule has 0 spiro atoms. The number of nitrogens with zero attached hydrogens (tertiary/aromatic N) is 7. The predicted molar refractivity (Wildman–Crippen MR) is 167 cm³/mol. The Labute approximate surface area is 257 Å². The van der Waals surface area contributed by atoms with E-state index in [9.17, 15) is 14.4 Å². The molecule has 0 radical (unpaired) electrons. The Morgan fingerprint density at radius 3 is 2.36 bits per heavy atom. The third-order valence-electron chi connectivity index (χ3n) is 8.78. The molecule has 3 aliphatic rings. The van der Waals surface area contributed by atoms with Gasteiger partial charge in [0.2, 0.25) is 11.9 Å². The Hall–Kier alpha value is -4.45. The van der Waals surface area contributed by atoms with Crippen LogP contribution in [0.3, 0.4) is 0 Å². The average molecular weight is 601 g/mol. The molecule has 2 aromatic heterocycles. The van der Waals surface area contributed by atoms with E-state index in [1.807, 2.05) is 58.5 Å². The van der Waals surface area contributed by atoms with E-state index < -0.39 is 0 Å². The van der Waals surface area contributed by atoms with Gasteiger partial charge in [-0.15, -0.1) is 5.10 Å². The molecule has 3 aromatic rings. The normalized spacial score (nSPS) is 18.3. The van der Waals surface area contributed by atoms with E-state index in [4.69, 9.17) is 9.72 Å². The maximum Gasteiger partial charge on any atom is 0.410 e. The number of fused-ring (bicyclic) bond motifs is 1. The number of piperazine rings is 1. The summed E-state index contributed by atoms with van der Waals surface area (Å²) in [6, 6.07) is 11.3. The summed E-state index contributed by atoms with van der Waals surface area (Å²) >= 11 is 0. The fourth-order valence-electron chi connectivity index (χ4n) is 6.13. The van der Waals surface area contributed by atoms with Gasteiger partial charge in [-0.2, -0.15) is 4.98 Å². The first kappa shape index (κ1) is 29.6. The van der Waals surface area contributed by atoms with Gasteiger partial charge in [-0.3, -0.25) is 9.59 Å². The lowest BCUT2D eigenvalue weighted by Gasteiger charge is -2.37. The molecule has 2 fully saturated rings. The van der Waals surface area contributed by atoms with Gasteiger partial charge < -0.3 is 29.7 Å². The SMILES string of the molecule is CCOC(=O)N1CC=C(c2cccn3nc(Nc4ccc(C(=O)N5CCC(C(=O)N6CCN(C)CC6)CC5)cc4)nc23)CC1. The minimum absolute atomic E-state index is 0.00108. The van der Waals surface area contributed by atoms with Gasteiger partial charge in [0.1, 0.15) is 0 Å². The topological polar surface area (TPSA) is 116 Å². The van der Waals surface area contributed by atoms with Gasteiger partial charge in [0.25, 0.3) is 5.91 Å². The first-order chi connectivity index (χ1) is 21.4. The number of amides is 3. The van der Waals surface area contributed by atoms with Crippen molar-refractivity contribution >= 4 is 40.8 Å². The third kappa shape index (κ3) is 6.40. The fourth-order valence-corrected chi connectivity index (χ4v) is 6.13. The lowest BCUT2D eigenvalue weighted by Crippen LogP contribution is -2.51. The van der Waals surface area contributed by atoms with E-state index in [0.717, 1.165) is 48.7 Å². The average Bonchev–Trinajstić information content (AvgIpc) is 3.48.